The van der Waals surface area contributed by atoms with Crippen LogP contribution in [0.1, 0.15) is 13.8 Å². The van der Waals surface area contributed by atoms with E-state index < -0.39 is 15.1 Å². The highest BCUT2D eigenvalue weighted by Gasteiger charge is 2.37. The molecular formula is C5H13NO4S. The van der Waals surface area contributed by atoms with Crippen molar-refractivity contribution in [2.24, 2.45) is 5.73 Å². The van der Waals surface area contributed by atoms with Gasteiger partial charge in [-0.1, -0.05) is 0 Å². The standard InChI is InChI=1S/C5H13NO4S/c1-3-10-5(2,4-6)11(7,8)9/h3-4,6H2,1-2H3,(H,7,8,9). The van der Waals surface area contributed by atoms with Gasteiger partial charge in [-0.15, -0.1) is 0 Å². The summed E-state index contributed by atoms with van der Waals surface area (Å²) in [6.07, 6.45) is 0. The van der Waals surface area contributed by atoms with E-state index in [1.54, 1.807) is 6.92 Å². The van der Waals surface area contributed by atoms with E-state index in [0.717, 1.165) is 0 Å². The molecule has 0 aromatic heterocycles. The molecule has 0 saturated carbocycles. The van der Waals surface area contributed by atoms with Crippen LogP contribution >= 0.6 is 0 Å². The van der Waals surface area contributed by atoms with E-state index in [-0.39, 0.29) is 13.2 Å². The second-order valence-corrected chi connectivity index (χ2v) is 4.06. The van der Waals surface area contributed by atoms with Gasteiger partial charge in [0.05, 0.1) is 0 Å². The van der Waals surface area contributed by atoms with E-state index in [1.807, 2.05) is 0 Å². The number of rotatable bonds is 4. The summed E-state index contributed by atoms with van der Waals surface area (Å²) in [6.45, 7) is 2.78. The van der Waals surface area contributed by atoms with Gasteiger partial charge in [-0.3, -0.25) is 4.55 Å². The van der Waals surface area contributed by atoms with Gasteiger partial charge in [0.15, 0.2) is 0 Å². The van der Waals surface area contributed by atoms with Gasteiger partial charge in [0.2, 0.25) is 4.93 Å². The van der Waals surface area contributed by atoms with Gasteiger partial charge in [0, 0.05) is 13.2 Å². The van der Waals surface area contributed by atoms with Gasteiger partial charge in [-0.05, 0) is 13.8 Å². The average molecular weight is 183 g/mol. The second kappa shape index (κ2) is 3.48. The van der Waals surface area contributed by atoms with Gasteiger partial charge in [-0.25, -0.2) is 0 Å². The SMILES string of the molecule is CCOC(C)(CN)S(=O)(=O)O. The molecule has 0 heterocycles. The molecule has 11 heavy (non-hydrogen) atoms. The summed E-state index contributed by atoms with van der Waals surface area (Å²) in [5.74, 6) is 0. The molecule has 0 spiro atoms. The summed E-state index contributed by atoms with van der Waals surface area (Å²) >= 11 is 0. The molecule has 0 rings (SSSR count). The zero-order valence-electron chi connectivity index (χ0n) is 6.57. The molecule has 68 valence electrons. The molecule has 6 heteroatoms. The van der Waals surface area contributed by atoms with Crippen molar-refractivity contribution < 1.29 is 17.7 Å². The lowest BCUT2D eigenvalue weighted by Crippen LogP contribution is -2.45. The lowest BCUT2D eigenvalue weighted by atomic mass is 10.4. The number of ether oxygens (including phenoxy) is 1. The van der Waals surface area contributed by atoms with Crippen molar-refractivity contribution in [2.45, 2.75) is 18.8 Å². The van der Waals surface area contributed by atoms with Crippen LogP contribution in [0.2, 0.25) is 0 Å². The molecule has 1 atom stereocenters. The number of hydrogen-bond acceptors (Lipinski definition) is 4. The van der Waals surface area contributed by atoms with Crippen molar-refractivity contribution in [3.8, 4) is 0 Å². The Morgan fingerprint density at radius 2 is 2.09 bits per heavy atom. The third-order valence-corrected chi connectivity index (χ3v) is 2.74. The first kappa shape index (κ1) is 10.8. The maximum Gasteiger partial charge on any atom is 0.296 e. The van der Waals surface area contributed by atoms with Gasteiger partial charge < -0.3 is 10.5 Å². The minimum absolute atomic E-state index is 0.188. The average Bonchev–Trinajstić information content (AvgIpc) is 1.86. The van der Waals surface area contributed by atoms with E-state index in [1.165, 1.54) is 6.92 Å². The summed E-state index contributed by atoms with van der Waals surface area (Å²) in [4.78, 5) is -1.66. The summed E-state index contributed by atoms with van der Waals surface area (Å²) in [5, 5.41) is 0. The van der Waals surface area contributed by atoms with Gasteiger partial charge in [0.25, 0.3) is 10.1 Å². The van der Waals surface area contributed by atoms with Crippen molar-refractivity contribution >= 4 is 10.1 Å². The molecule has 0 amide bonds. The minimum Gasteiger partial charge on any atom is -0.356 e. The Kier molecular flexibility index (Phi) is 3.43. The molecule has 0 radical (unpaired) electrons. The summed E-state index contributed by atoms with van der Waals surface area (Å²) < 4.78 is 34.7. The smallest absolute Gasteiger partial charge is 0.296 e. The van der Waals surface area contributed by atoms with E-state index in [4.69, 9.17) is 15.0 Å². The fourth-order valence-corrected chi connectivity index (χ4v) is 1.02. The lowest BCUT2D eigenvalue weighted by molar-refractivity contribution is 0.0397. The molecule has 0 aromatic carbocycles. The Morgan fingerprint density at radius 3 is 2.18 bits per heavy atom. The largest absolute Gasteiger partial charge is 0.356 e. The summed E-state index contributed by atoms with van der Waals surface area (Å²) in [7, 11) is -4.22. The van der Waals surface area contributed by atoms with Gasteiger partial charge >= 0.3 is 0 Å². The van der Waals surface area contributed by atoms with Crippen LogP contribution in [0.5, 0.6) is 0 Å². The van der Waals surface area contributed by atoms with E-state index in [9.17, 15) is 8.42 Å². The van der Waals surface area contributed by atoms with Crippen LogP contribution in [0.15, 0.2) is 0 Å². The predicted octanol–water partition coefficient (Wildman–Crippen LogP) is -0.414. The molecule has 0 aliphatic heterocycles. The van der Waals surface area contributed by atoms with Gasteiger partial charge in [0.1, 0.15) is 0 Å². The van der Waals surface area contributed by atoms with Crippen LogP contribution in [0.25, 0.3) is 0 Å². The first-order valence-corrected chi connectivity index (χ1v) is 4.62. The van der Waals surface area contributed by atoms with Crippen LogP contribution in [-0.4, -0.2) is 31.1 Å². The van der Waals surface area contributed by atoms with E-state index in [0.29, 0.717) is 0 Å². The number of nitrogens with two attached hydrogens (primary N) is 1. The molecule has 0 aromatic rings. The topological polar surface area (TPSA) is 89.6 Å². The summed E-state index contributed by atoms with van der Waals surface area (Å²) in [6, 6.07) is 0. The van der Waals surface area contributed by atoms with Crippen molar-refractivity contribution in [3.63, 3.8) is 0 Å². The van der Waals surface area contributed by atoms with Crippen LogP contribution in [0.3, 0.4) is 0 Å². The Bertz CT molecular complexity index is 213. The van der Waals surface area contributed by atoms with Crippen molar-refractivity contribution in [1.29, 1.82) is 0 Å². The highest BCUT2D eigenvalue weighted by molar-refractivity contribution is 7.87. The quantitative estimate of drug-likeness (QED) is 0.578. The van der Waals surface area contributed by atoms with Crippen LogP contribution in [0.4, 0.5) is 0 Å². The lowest BCUT2D eigenvalue weighted by Gasteiger charge is -2.23. The van der Waals surface area contributed by atoms with Crippen LogP contribution < -0.4 is 5.73 Å². The predicted molar refractivity (Wildman–Crippen MR) is 40.6 cm³/mol. The Labute approximate surface area is 66.3 Å². The zero-order valence-corrected chi connectivity index (χ0v) is 7.39. The highest BCUT2D eigenvalue weighted by Crippen LogP contribution is 2.15. The molecule has 0 fully saturated rings. The Morgan fingerprint density at radius 1 is 1.64 bits per heavy atom. The molecule has 0 aliphatic carbocycles. The normalized spacial score (nSPS) is 17.8. The van der Waals surface area contributed by atoms with Crippen LogP contribution in [-0.2, 0) is 14.9 Å². The highest BCUT2D eigenvalue weighted by atomic mass is 32.2. The summed E-state index contributed by atoms with van der Waals surface area (Å²) in [5.41, 5.74) is 5.12. The first-order chi connectivity index (χ1) is 4.87. The van der Waals surface area contributed by atoms with Crippen molar-refractivity contribution in [1.82, 2.24) is 0 Å². The van der Waals surface area contributed by atoms with Crippen molar-refractivity contribution in [3.05, 3.63) is 0 Å². The molecule has 0 saturated heterocycles. The molecule has 3 N–H and O–H groups in total. The fraction of sp³-hybridized carbons (Fsp3) is 1.00. The van der Waals surface area contributed by atoms with Gasteiger partial charge in [-0.2, -0.15) is 8.42 Å². The molecule has 1 unspecified atom stereocenters. The monoisotopic (exact) mass is 183 g/mol. The van der Waals surface area contributed by atoms with E-state index >= 15 is 0 Å². The molecule has 5 nitrogen and oxygen atoms in total. The van der Waals surface area contributed by atoms with Crippen LogP contribution in [0, 0.1) is 0 Å². The fourth-order valence-electron chi connectivity index (χ4n) is 0.544. The Hall–Kier alpha value is -0.170. The molecule has 0 aliphatic rings. The first-order valence-electron chi connectivity index (χ1n) is 3.18. The third-order valence-electron chi connectivity index (χ3n) is 1.37. The van der Waals surface area contributed by atoms with E-state index in [2.05, 4.69) is 0 Å². The minimum atomic E-state index is -4.22. The third kappa shape index (κ3) is 2.41. The Balaban J connectivity index is 4.61. The molecular weight excluding hydrogens is 170 g/mol. The maximum absolute atomic E-state index is 10.6. The zero-order chi connectivity index (χ0) is 9.12. The number of hydrogen-bond donors (Lipinski definition) is 2. The maximum atomic E-state index is 10.6. The van der Waals surface area contributed by atoms with Crippen molar-refractivity contribution in [2.75, 3.05) is 13.2 Å². The molecule has 0 bridgehead atoms. The second-order valence-electron chi connectivity index (χ2n) is 2.25.